The van der Waals surface area contributed by atoms with Gasteiger partial charge in [0.2, 0.25) is 0 Å². The summed E-state index contributed by atoms with van der Waals surface area (Å²) < 4.78 is 6.55. The molecule has 112 valence electrons. The first-order valence-electron chi connectivity index (χ1n) is 6.69. The molecule has 0 saturated carbocycles. The second-order valence-corrected chi connectivity index (χ2v) is 4.55. The van der Waals surface area contributed by atoms with E-state index < -0.39 is 0 Å². The van der Waals surface area contributed by atoms with Gasteiger partial charge in [0.05, 0.1) is 18.3 Å². The second kappa shape index (κ2) is 7.39. The Hall–Kier alpha value is -2.41. The number of methoxy groups -OCH3 is 1. The highest BCUT2D eigenvalue weighted by Crippen LogP contribution is 2.14. The van der Waals surface area contributed by atoms with E-state index in [0.29, 0.717) is 13.2 Å². The maximum atomic E-state index is 11.7. The van der Waals surface area contributed by atoms with Crippen molar-refractivity contribution in [1.29, 1.82) is 0 Å². The Morgan fingerprint density at radius 1 is 1.38 bits per heavy atom. The first-order chi connectivity index (χ1) is 10.2. The Morgan fingerprint density at radius 3 is 2.76 bits per heavy atom. The van der Waals surface area contributed by atoms with E-state index in [9.17, 15) is 4.79 Å². The number of aromatic nitrogens is 3. The van der Waals surface area contributed by atoms with Crippen LogP contribution in [0.15, 0.2) is 36.9 Å². The maximum absolute atomic E-state index is 11.7. The molecule has 0 bridgehead atoms. The number of rotatable bonds is 6. The van der Waals surface area contributed by atoms with Gasteiger partial charge >= 0.3 is 6.03 Å². The highest BCUT2D eigenvalue weighted by atomic mass is 16.5. The van der Waals surface area contributed by atoms with Crippen molar-refractivity contribution in [3.05, 3.63) is 42.5 Å². The number of carbonyl (C=O) groups is 1. The van der Waals surface area contributed by atoms with Crippen LogP contribution in [0.2, 0.25) is 0 Å². The summed E-state index contributed by atoms with van der Waals surface area (Å²) in [5.41, 5.74) is 1.94. The van der Waals surface area contributed by atoms with E-state index in [1.54, 1.807) is 18.1 Å². The summed E-state index contributed by atoms with van der Waals surface area (Å²) in [4.78, 5) is 15.6. The molecule has 2 aromatic rings. The van der Waals surface area contributed by atoms with Gasteiger partial charge in [0, 0.05) is 13.7 Å². The van der Waals surface area contributed by atoms with Crippen LogP contribution in [0.1, 0.15) is 18.5 Å². The molecule has 21 heavy (non-hydrogen) atoms. The number of amides is 2. The van der Waals surface area contributed by atoms with Gasteiger partial charge in [-0.05, 0) is 24.6 Å². The number of carbonyl (C=O) groups excluding carboxylic acids is 1. The third-order valence-corrected chi connectivity index (χ3v) is 3.02. The molecule has 0 saturated heterocycles. The lowest BCUT2D eigenvalue weighted by Gasteiger charge is -2.15. The van der Waals surface area contributed by atoms with Crippen LogP contribution in [0.5, 0.6) is 0 Å². The van der Waals surface area contributed by atoms with Gasteiger partial charge in [-0.25, -0.2) is 14.5 Å². The lowest BCUT2D eigenvalue weighted by molar-refractivity contribution is 0.195. The van der Waals surface area contributed by atoms with Crippen LogP contribution >= 0.6 is 0 Å². The summed E-state index contributed by atoms with van der Waals surface area (Å²) >= 11 is 0. The predicted octanol–water partition coefficient (Wildman–Crippen LogP) is 1.27. The molecular weight excluding hydrogens is 270 g/mol. The molecule has 0 aliphatic rings. The van der Waals surface area contributed by atoms with Crippen molar-refractivity contribution in [2.45, 2.75) is 13.0 Å². The van der Waals surface area contributed by atoms with Gasteiger partial charge in [0.15, 0.2) is 0 Å². The summed E-state index contributed by atoms with van der Waals surface area (Å²) in [5, 5.41) is 9.65. The van der Waals surface area contributed by atoms with Gasteiger partial charge in [-0.15, -0.1) is 0 Å². The molecule has 7 heteroatoms. The highest BCUT2D eigenvalue weighted by molar-refractivity contribution is 5.74. The summed E-state index contributed by atoms with van der Waals surface area (Å²) in [6.07, 6.45) is 3.13. The minimum Gasteiger partial charge on any atom is -0.383 e. The first kappa shape index (κ1) is 15.0. The summed E-state index contributed by atoms with van der Waals surface area (Å²) in [6, 6.07) is 7.49. The fourth-order valence-corrected chi connectivity index (χ4v) is 1.85. The normalized spacial score (nSPS) is 11.9. The predicted molar refractivity (Wildman–Crippen MR) is 78.2 cm³/mol. The molecule has 7 nitrogen and oxygen atoms in total. The van der Waals surface area contributed by atoms with E-state index in [0.717, 1.165) is 11.3 Å². The molecule has 0 aliphatic heterocycles. The average Bonchev–Trinajstić information content (AvgIpc) is 3.02. The first-order valence-corrected chi connectivity index (χ1v) is 6.69. The van der Waals surface area contributed by atoms with E-state index in [1.165, 1.54) is 6.33 Å². The second-order valence-electron chi connectivity index (χ2n) is 4.55. The number of nitrogens with one attached hydrogen (secondary N) is 2. The Kier molecular flexibility index (Phi) is 5.28. The number of urea groups is 1. The maximum Gasteiger partial charge on any atom is 0.315 e. The third kappa shape index (κ3) is 4.28. The van der Waals surface area contributed by atoms with Crippen molar-refractivity contribution in [1.82, 2.24) is 25.4 Å². The topological polar surface area (TPSA) is 81.1 Å². The van der Waals surface area contributed by atoms with E-state index in [2.05, 4.69) is 20.7 Å². The zero-order chi connectivity index (χ0) is 15.1. The molecule has 1 aromatic carbocycles. The lowest BCUT2D eigenvalue weighted by atomic mass is 10.1. The SMILES string of the molecule is COCCNC(=O)NC(C)c1ccc(-n2cncn2)cc1. The van der Waals surface area contributed by atoms with Crippen LogP contribution in [0.25, 0.3) is 5.69 Å². The Bertz CT molecular complexity index is 553. The summed E-state index contributed by atoms with van der Waals surface area (Å²) in [6.45, 7) is 2.91. The van der Waals surface area contributed by atoms with Crippen molar-refractivity contribution >= 4 is 6.03 Å². The van der Waals surface area contributed by atoms with E-state index in [1.807, 2.05) is 31.2 Å². The molecule has 1 atom stereocenters. The van der Waals surface area contributed by atoms with Crippen LogP contribution in [-0.4, -0.2) is 41.1 Å². The molecule has 2 N–H and O–H groups in total. The third-order valence-electron chi connectivity index (χ3n) is 3.02. The van der Waals surface area contributed by atoms with Crippen LogP contribution < -0.4 is 10.6 Å². The van der Waals surface area contributed by atoms with Crippen LogP contribution in [0, 0.1) is 0 Å². The Balaban J connectivity index is 1.90. The van der Waals surface area contributed by atoms with Gasteiger partial charge in [0.1, 0.15) is 12.7 Å². The van der Waals surface area contributed by atoms with E-state index in [-0.39, 0.29) is 12.1 Å². The highest BCUT2D eigenvalue weighted by Gasteiger charge is 2.09. The molecule has 1 heterocycles. The van der Waals surface area contributed by atoms with Gasteiger partial charge in [-0.3, -0.25) is 0 Å². The van der Waals surface area contributed by atoms with Crippen LogP contribution in [0.3, 0.4) is 0 Å². The molecular formula is C14H19N5O2. The number of nitrogens with zero attached hydrogens (tertiary/aromatic N) is 3. The zero-order valence-corrected chi connectivity index (χ0v) is 12.1. The lowest BCUT2D eigenvalue weighted by Crippen LogP contribution is -2.38. The fourth-order valence-electron chi connectivity index (χ4n) is 1.85. The van der Waals surface area contributed by atoms with Crippen molar-refractivity contribution in [2.24, 2.45) is 0 Å². The largest absolute Gasteiger partial charge is 0.383 e. The van der Waals surface area contributed by atoms with Gasteiger partial charge in [-0.2, -0.15) is 5.10 Å². The number of hydrogen-bond acceptors (Lipinski definition) is 4. The van der Waals surface area contributed by atoms with Gasteiger partial charge < -0.3 is 15.4 Å². The fraction of sp³-hybridized carbons (Fsp3) is 0.357. The zero-order valence-electron chi connectivity index (χ0n) is 12.1. The molecule has 0 fully saturated rings. The van der Waals surface area contributed by atoms with Crippen LogP contribution in [-0.2, 0) is 4.74 Å². The molecule has 0 spiro atoms. The average molecular weight is 289 g/mol. The van der Waals surface area contributed by atoms with E-state index >= 15 is 0 Å². The van der Waals surface area contributed by atoms with Gasteiger partial charge in [0.25, 0.3) is 0 Å². The van der Waals surface area contributed by atoms with E-state index in [4.69, 9.17) is 4.74 Å². The molecule has 0 radical (unpaired) electrons. The Morgan fingerprint density at radius 2 is 2.14 bits per heavy atom. The molecule has 0 aliphatic carbocycles. The van der Waals surface area contributed by atoms with Gasteiger partial charge in [-0.1, -0.05) is 12.1 Å². The quantitative estimate of drug-likeness (QED) is 0.785. The van der Waals surface area contributed by atoms with Crippen molar-refractivity contribution < 1.29 is 9.53 Å². The van der Waals surface area contributed by atoms with Crippen molar-refractivity contribution in [2.75, 3.05) is 20.3 Å². The van der Waals surface area contributed by atoms with Crippen LogP contribution in [0.4, 0.5) is 4.79 Å². The molecule has 2 amide bonds. The number of ether oxygens (including phenoxy) is 1. The summed E-state index contributed by atoms with van der Waals surface area (Å²) in [7, 11) is 1.60. The van der Waals surface area contributed by atoms with Crippen molar-refractivity contribution in [3.8, 4) is 5.69 Å². The summed E-state index contributed by atoms with van der Waals surface area (Å²) in [5.74, 6) is 0. The Labute approximate surface area is 123 Å². The minimum atomic E-state index is -0.208. The monoisotopic (exact) mass is 289 g/mol. The smallest absolute Gasteiger partial charge is 0.315 e. The molecule has 1 aromatic heterocycles. The number of benzene rings is 1. The molecule has 1 unspecified atom stereocenters. The minimum absolute atomic E-state index is 0.0858. The van der Waals surface area contributed by atoms with Crippen molar-refractivity contribution in [3.63, 3.8) is 0 Å². The molecule has 2 rings (SSSR count). The number of hydrogen-bond donors (Lipinski definition) is 2. The standard InChI is InChI=1S/C14H19N5O2/c1-11(18-14(20)16-7-8-21-2)12-3-5-13(6-4-12)19-10-15-9-17-19/h3-6,9-11H,7-8H2,1-2H3,(H2,16,18,20).